The summed E-state index contributed by atoms with van der Waals surface area (Å²) >= 11 is 0. The molecule has 0 aromatic carbocycles. The summed E-state index contributed by atoms with van der Waals surface area (Å²) in [5.74, 6) is -0.107. The van der Waals surface area contributed by atoms with Crippen LogP contribution in [0.25, 0.3) is 6.08 Å². The Balaban J connectivity index is 1.65. The standard InChI is InChI=1S/C17H23N3O3S/c21-17(8-7-14-6-2-3-9-18-14)19-15-12-24(22,23)13-16(15)20-10-4-1-5-11-20/h2-3,6-9,15-16H,1,4-5,10-13H2,(H,19,21)/b8-7+. The van der Waals surface area contributed by atoms with Crippen LogP contribution in [-0.4, -0.2) is 60.9 Å². The molecular weight excluding hydrogens is 326 g/mol. The van der Waals surface area contributed by atoms with Crippen LogP contribution in [0.2, 0.25) is 0 Å². The Morgan fingerprint density at radius 2 is 2.00 bits per heavy atom. The van der Waals surface area contributed by atoms with E-state index in [-0.39, 0.29) is 29.5 Å². The maximum atomic E-state index is 12.2. The van der Waals surface area contributed by atoms with Gasteiger partial charge in [-0.2, -0.15) is 0 Å². The van der Waals surface area contributed by atoms with Crippen LogP contribution in [0.1, 0.15) is 25.0 Å². The minimum Gasteiger partial charge on any atom is -0.347 e. The van der Waals surface area contributed by atoms with Crippen molar-refractivity contribution in [1.82, 2.24) is 15.2 Å². The average Bonchev–Trinajstić information content (AvgIpc) is 2.89. The molecule has 0 aliphatic carbocycles. The number of carbonyl (C=O) groups excluding carboxylic acids is 1. The first-order chi connectivity index (χ1) is 11.5. The molecule has 1 amide bonds. The Bertz CT molecular complexity index is 697. The van der Waals surface area contributed by atoms with Crippen molar-refractivity contribution < 1.29 is 13.2 Å². The van der Waals surface area contributed by atoms with E-state index < -0.39 is 9.84 Å². The van der Waals surface area contributed by atoms with Crippen LogP contribution in [0.4, 0.5) is 0 Å². The summed E-state index contributed by atoms with van der Waals surface area (Å²) in [6, 6.07) is 5.02. The van der Waals surface area contributed by atoms with Crippen molar-refractivity contribution in [1.29, 1.82) is 0 Å². The van der Waals surface area contributed by atoms with Crippen LogP contribution in [0.15, 0.2) is 30.5 Å². The SMILES string of the molecule is O=C(/C=C/c1ccccn1)NC1CS(=O)(=O)CC1N1CCCCC1. The third-order valence-corrected chi connectivity index (χ3v) is 6.32. The van der Waals surface area contributed by atoms with Gasteiger partial charge >= 0.3 is 0 Å². The largest absolute Gasteiger partial charge is 0.347 e. The molecule has 2 unspecified atom stereocenters. The van der Waals surface area contributed by atoms with Crippen LogP contribution in [0, 0.1) is 0 Å². The fourth-order valence-electron chi connectivity index (χ4n) is 3.44. The Hall–Kier alpha value is -1.73. The molecule has 2 aliphatic heterocycles. The number of piperidine rings is 1. The molecule has 0 bridgehead atoms. The summed E-state index contributed by atoms with van der Waals surface area (Å²) in [6.45, 7) is 1.83. The van der Waals surface area contributed by atoms with E-state index in [0.29, 0.717) is 5.69 Å². The van der Waals surface area contributed by atoms with Gasteiger partial charge in [0, 0.05) is 18.3 Å². The number of nitrogens with zero attached hydrogens (tertiary/aromatic N) is 2. The molecule has 130 valence electrons. The van der Waals surface area contributed by atoms with Gasteiger partial charge in [0.15, 0.2) is 9.84 Å². The lowest BCUT2D eigenvalue weighted by atomic mass is 10.0. The molecule has 2 atom stereocenters. The summed E-state index contributed by atoms with van der Waals surface area (Å²) in [7, 11) is -3.10. The van der Waals surface area contributed by atoms with E-state index in [1.54, 1.807) is 18.3 Å². The Morgan fingerprint density at radius 1 is 1.21 bits per heavy atom. The lowest BCUT2D eigenvalue weighted by molar-refractivity contribution is -0.117. The molecule has 1 N–H and O–H groups in total. The Kier molecular flexibility index (Phi) is 5.30. The van der Waals surface area contributed by atoms with Gasteiger partial charge < -0.3 is 5.32 Å². The number of amides is 1. The fourth-order valence-corrected chi connectivity index (χ4v) is 5.40. The molecule has 7 heteroatoms. The summed E-state index contributed by atoms with van der Waals surface area (Å²) in [4.78, 5) is 18.5. The van der Waals surface area contributed by atoms with Gasteiger partial charge in [0.2, 0.25) is 5.91 Å². The van der Waals surface area contributed by atoms with Gasteiger partial charge in [-0.25, -0.2) is 8.42 Å². The summed E-state index contributed by atoms with van der Waals surface area (Å²) in [5, 5.41) is 2.88. The van der Waals surface area contributed by atoms with E-state index in [1.807, 2.05) is 12.1 Å². The van der Waals surface area contributed by atoms with Crippen molar-refractivity contribution in [2.24, 2.45) is 0 Å². The molecule has 1 aromatic heterocycles. The summed E-state index contributed by atoms with van der Waals surface area (Å²) in [5.41, 5.74) is 0.694. The van der Waals surface area contributed by atoms with Crippen molar-refractivity contribution in [3.05, 3.63) is 36.2 Å². The highest BCUT2D eigenvalue weighted by atomic mass is 32.2. The zero-order chi connectivity index (χ0) is 17.0. The van der Waals surface area contributed by atoms with Crippen LogP contribution in [-0.2, 0) is 14.6 Å². The summed E-state index contributed by atoms with van der Waals surface area (Å²) < 4.78 is 24.1. The normalized spacial score (nSPS) is 27.3. The molecule has 6 nitrogen and oxygen atoms in total. The second kappa shape index (κ2) is 7.44. The van der Waals surface area contributed by atoms with Gasteiger partial charge in [-0.3, -0.25) is 14.7 Å². The number of rotatable bonds is 4. The molecule has 2 aliphatic rings. The van der Waals surface area contributed by atoms with E-state index in [9.17, 15) is 13.2 Å². The molecule has 0 spiro atoms. The number of pyridine rings is 1. The van der Waals surface area contributed by atoms with Crippen LogP contribution in [0.3, 0.4) is 0 Å². The molecule has 1 aromatic rings. The maximum absolute atomic E-state index is 12.2. The monoisotopic (exact) mass is 349 g/mol. The number of sulfone groups is 1. The number of hydrogen-bond acceptors (Lipinski definition) is 5. The van der Waals surface area contributed by atoms with Crippen LogP contribution >= 0.6 is 0 Å². The van der Waals surface area contributed by atoms with Gasteiger partial charge in [-0.15, -0.1) is 0 Å². The first-order valence-corrected chi connectivity index (χ1v) is 10.2. The molecular formula is C17H23N3O3S. The van der Waals surface area contributed by atoms with Crippen molar-refractivity contribution in [3.63, 3.8) is 0 Å². The van der Waals surface area contributed by atoms with Crippen LogP contribution < -0.4 is 5.32 Å². The number of likely N-dealkylation sites (tertiary alicyclic amines) is 1. The highest BCUT2D eigenvalue weighted by molar-refractivity contribution is 7.91. The van der Waals surface area contributed by atoms with Crippen LogP contribution in [0.5, 0.6) is 0 Å². The highest BCUT2D eigenvalue weighted by Crippen LogP contribution is 2.22. The van der Waals surface area contributed by atoms with Crippen molar-refractivity contribution in [2.75, 3.05) is 24.6 Å². The fraction of sp³-hybridized carbons (Fsp3) is 0.529. The van der Waals surface area contributed by atoms with E-state index in [2.05, 4.69) is 15.2 Å². The number of hydrogen-bond donors (Lipinski definition) is 1. The zero-order valence-electron chi connectivity index (χ0n) is 13.6. The van der Waals surface area contributed by atoms with E-state index in [4.69, 9.17) is 0 Å². The lowest BCUT2D eigenvalue weighted by Crippen LogP contribution is -2.52. The molecule has 2 fully saturated rings. The van der Waals surface area contributed by atoms with E-state index >= 15 is 0 Å². The topological polar surface area (TPSA) is 79.4 Å². The van der Waals surface area contributed by atoms with Gasteiger partial charge in [-0.1, -0.05) is 12.5 Å². The first-order valence-electron chi connectivity index (χ1n) is 8.38. The predicted octanol–water partition coefficient (Wildman–Crippen LogP) is 0.862. The van der Waals surface area contributed by atoms with Gasteiger partial charge in [0.25, 0.3) is 0 Å². The van der Waals surface area contributed by atoms with E-state index in [1.165, 1.54) is 12.5 Å². The number of carbonyl (C=O) groups is 1. The van der Waals surface area contributed by atoms with Crippen molar-refractivity contribution in [3.8, 4) is 0 Å². The molecule has 3 heterocycles. The quantitative estimate of drug-likeness (QED) is 0.816. The predicted molar refractivity (Wildman–Crippen MR) is 93.1 cm³/mol. The minimum atomic E-state index is -3.10. The zero-order valence-corrected chi connectivity index (χ0v) is 14.4. The second-order valence-electron chi connectivity index (χ2n) is 6.44. The van der Waals surface area contributed by atoms with Gasteiger partial charge in [0.05, 0.1) is 23.2 Å². The third kappa shape index (κ3) is 4.42. The number of aromatic nitrogens is 1. The smallest absolute Gasteiger partial charge is 0.244 e. The van der Waals surface area contributed by atoms with E-state index in [0.717, 1.165) is 25.9 Å². The number of nitrogens with one attached hydrogen (secondary N) is 1. The minimum absolute atomic E-state index is 0.0251. The Morgan fingerprint density at radius 3 is 2.71 bits per heavy atom. The molecule has 3 rings (SSSR count). The highest BCUT2D eigenvalue weighted by Gasteiger charge is 2.41. The molecule has 0 radical (unpaired) electrons. The maximum Gasteiger partial charge on any atom is 0.244 e. The van der Waals surface area contributed by atoms with Gasteiger partial charge in [-0.05, 0) is 44.1 Å². The molecule has 2 saturated heterocycles. The van der Waals surface area contributed by atoms with Crippen molar-refractivity contribution >= 4 is 21.8 Å². The third-order valence-electron chi connectivity index (χ3n) is 4.60. The first kappa shape index (κ1) is 17.1. The summed E-state index contributed by atoms with van der Waals surface area (Å²) in [6.07, 6.45) is 8.09. The van der Waals surface area contributed by atoms with Gasteiger partial charge in [0.1, 0.15) is 0 Å². The Labute approximate surface area is 142 Å². The molecule has 24 heavy (non-hydrogen) atoms. The second-order valence-corrected chi connectivity index (χ2v) is 8.60. The molecule has 0 saturated carbocycles. The van der Waals surface area contributed by atoms with Crippen molar-refractivity contribution in [2.45, 2.75) is 31.3 Å². The average molecular weight is 349 g/mol. The lowest BCUT2D eigenvalue weighted by Gasteiger charge is -2.34.